The van der Waals surface area contributed by atoms with Crippen LogP contribution >= 0.6 is 11.3 Å². The van der Waals surface area contributed by atoms with Gasteiger partial charge in [0.2, 0.25) is 0 Å². The van der Waals surface area contributed by atoms with Crippen LogP contribution in [0.15, 0.2) is 17.5 Å². The van der Waals surface area contributed by atoms with E-state index in [0.717, 1.165) is 18.4 Å². The second kappa shape index (κ2) is 3.96. The summed E-state index contributed by atoms with van der Waals surface area (Å²) in [4.78, 5) is 12.5. The second-order valence-corrected chi connectivity index (χ2v) is 4.11. The fourth-order valence-electron chi connectivity index (χ4n) is 1.66. The number of thiophene rings is 1. The number of rotatable bonds is 2. The van der Waals surface area contributed by atoms with Gasteiger partial charge in [-0.1, -0.05) is 0 Å². The summed E-state index contributed by atoms with van der Waals surface area (Å²) in [6, 6.07) is 2.13. The lowest BCUT2D eigenvalue weighted by atomic mass is 10.2. The van der Waals surface area contributed by atoms with Crippen LogP contribution in [-0.4, -0.2) is 12.6 Å². The third kappa shape index (κ3) is 1.73. The third-order valence-electron chi connectivity index (χ3n) is 2.28. The number of hydrogen-bond donors (Lipinski definition) is 0. The van der Waals surface area contributed by atoms with Crippen molar-refractivity contribution in [1.29, 1.82) is 0 Å². The number of esters is 1. The fraction of sp³-hybridized carbons (Fsp3) is 0.364. The number of aryl methyl sites for hydroxylation is 1. The third-order valence-corrected chi connectivity index (χ3v) is 3.31. The van der Waals surface area contributed by atoms with E-state index in [1.165, 1.54) is 10.4 Å². The predicted molar refractivity (Wildman–Crippen MR) is 57.3 cm³/mol. The van der Waals surface area contributed by atoms with Gasteiger partial charge in [0, 0.05) is 11.0 Å². The molecule has 1 aliphatic rings. The Balaban J connectivity index is 2.18. The maximum atomic E-state index is 11.2. The van der Waals surface area contributed by atoms with Gasteiger partial charge in [-0.3, -0.25) is 0 Å². The summed E-state index contributed by atoms with van der Waals surface area (Å²) < 4.78 is 4.88. The van der Waals surface area contributed by atoms with Crippen LogP contribution < -0.4 is 0 Å². The Morgan fingerprint density at radius 1 is 1.64 bits per heavy atom. The first-order valence-corrected chi connectivity index (χ1v) is 5.63. The van der Waals surface area contributed by atoms with E-state index >= 15 is 0 Å². The zero-order valence-electron chi connectivity index (χ0n) is 8.08. The van der Waals surface area contributed by atoms with Crippen molar-refractivity contribution in [2.75, 3.05) is 6.61 Å². The molecule has 1 aliphatic carbocycles. The number of carbonyl (C=O) groups excluding carboxylic acids is 1. The van der Waals surface area contributed by atoms with Crippen LogP contribution in [0.1, 0.15) is 23.8 Å². The van der Waals surface area contributed by atoms with Gasteiger partial charge in [0.05, 0.1) is 6.61 Å². The standard InChI is InChI=1S/C11H12O2S/c1-2-13-10(12)7-9-4-3-8-5-6-14-11(8)9/h5-7H,2-4H2,1H3/b9-7+. The molecule has 0 fully saturated rings. The molecule has 1 aromatic rings. The molecule has 0 N–H and O–H groups in total. The summed E-state index contributed by atoms with van der Waals surface area (Å²) in [5.41, 5.74) is 2.50. The fourth-order valence-corrected chi connectivity index (χ4v) is 2.66. The zero-order chi connectivity index (χ0) is 9.97. The molecule has 0 unspecified atom stereocenters. The van der Waals surface area contributed by atoms with Gasteiger partial charge >= 0.3 is 5.97 Å². The van der Waals surface area contributed by atoms with E-state index in [9.17, 15) is 4.79 Å². The molecule has 2 nitrogen and oxygen atoms in total. The van der Waals surface area contributed by atoms with Crippen LogP contribution in [0.3, 0.4) is 0 Å². The second-order valence-electron chi connectivity index (χ2n) is 3.20. The van der Waals surface area contributed by atoms with Crippen molar-refractivity contribution in [3.63, 3.8) is 0 Å². The molecule has 14 heavy (non-hydrogen) atoms. The molecule has 0 aliphatic heterocycles. The minimum Gasteiger partial charge on any atom is -0.463 e. The number of carbonyl (C=O) groups is 1. The molecule has 0 bridgehead atoms. The van der Waals surface area contributed by atoms with Gasteiger partial charge in [0.15, 0.2) is 0 Å². The first-order valence-electron chi connectivity index (χ1n) is 4.75. The van der Waals surface area contributed by atoms with Crippen LogP contribution in [0.4, 0.5) is 0 Å². The minimum atomic E-state index is -0.219. The summed E-state index contributed by atoms with van der Waals surface area (Å²) in [7, 11) is 0. The highest BCUT2D eigenvalue weighted by atomic mass is 32.1. The normalized spacial score (nSPS) is 17.1. The molecule has 0 spiro atoms. The molecule has 1 heterocycles. The van der Waals surface area contributed by atoms with Crippen molar-refractivity contribution < 1.29 is 9.53 Å². The lowest BCUT2D eigenvalue weighted by molar-refractivity contribution is -0.137. The Morgan fingerprint density at radius 2 is 2.50 bits per heavy atom. The van der Waals surface area contributed by atoms with Crippen molar-refractivity contribution >= 4 is 22.9 Å². The SMILES string of the molecule is CCOC(=O)/C=C1\CCc2ccsc21. The molecule has 1 aromatic heterocycles. The Bertz CT molecular complexity index is 376. The Kier molecular flexibility index (Phi) is 2.68. The van der Waals surface area contributed by atoms with Crippen molar-refractivity contribution in [3.05, 3.63) is 28.0 Å². The van der Waals surface area contributed by atoms with E-state index in [4.69, 9.17) is 4.74 Å². The first kappa shape index (κ1) is 9.46. The zero-order valence-corrected chi connectivity index (χ0v) is 8.89. The summed E-state index contributed by atoms with van der Waals surface area (Å²) in [6.45, 7) is 2.27. The molecule has 0 saturated heterocycles. The topological polar surface area (TPSA) is 26.3 Å². The van der Waals surface area contributed by atoms with Crippen LogP contribution in [-0.2, 0) is 16.0 Å². The van der Waals surface area contributed by atoms with Gasteiger partial charge in [-0.2, -0.15) is 0 Å². The van der Waals surface area contributed by atoms with E-state index in [2.05, 4.69) is 11.4 Å². The number of hydrogen-bond acceptors (Lipinski definition) is 3. The quantitative estimate of drug-likeness (QED) is 0.551. The predicted octanol–water partition coefficient (Wildman–Crippen LogP) is 2.64. The van der Waals surface area contributed by atoms with Crippen molar-refractivity contribution in [2.45, 2.75) is 19.8 Å². The molecular formula is C11H12O2S. The maximum absolute atomic E-state index is 11.2. The summed E-state index contributed by atoms with van der Waals surface area (Å²) in [6.07, 6.45) is 3.66. The number of ether oxygens (including phenoxy) is 1. The lowest BCUT2D eigenvalue weighted by Crippen LogP contribution is -1.99. The van der Waals surface area contributed by atoms with Crippen LogP contribution in [0, 0.1) is 0 Å². The molecule has 0 atom stereocenters. The van der Waals surface area contributed by atoms with Gasteiger partial charge in [-0.05, 0) is 42.3 Å². The largest absolute Gasteiger partial charge is 0.463 e. The average molecular weight is 208 g/mol. The summed E-state index contributed by atoms with van der Waals surface area (Å²) in [5, 5.41) is 2.07. The van der Waals surface area contributed by atoms with E-state index in [1.807, 2.05) is 6.92 Å². The average Bonchev–Trinajstić information content (AvgIpc) is 2.70. The number of allylic oxidation sites excluding steroid dienone is 1. The molecule has 0 aromatic carbocycles. The molecule has 74 valence electrons. The Morgan fingerprint density at radius 3 is 3.29 bits per heavy atom. The molecular weight excluding hydrogens is 196 g/mol. The van der Waals surface area contributed by atoms with E-state index in [1.54, 1.807) is 17.4 Å². The van der Waals surface area contributed by atoms with Crippen LogP contribution in [0.5, 0.6) is 0 Å². The van der Waals surface area contributed by atoms with E-state index < -0.39 is 0 Å². The summed E-state index contributed by atoms with van der Waals surface area (Å²) >= 11 is 1.70. The Hall–Kier alpha value is -1.09. The monoisotopic (exact) mass is 208 g/mol. The molecule has 3 heteroatoms. The lowest BCUT2D eigenvalue weighted by Gasteiger charge is -1.98. The maximum Gasteiger partial charge on any atom is 0.331 e. The number of fused-ring (bicyclic) bond motifs is 1. The van der Waals surface area contributed by atoms with Crippen LogP contribution in [0.25, 0.3) is 5.57 Å². The van der Waals surface area contributed by atoms with Crippen molar-refractivity contribution in [1.82, 2.24) is 0 Å². The molecule has 2 rings (SSSR count). The van der Waals surface area contributed by atoms with Gasteiger partial charge in [0.25, 0.3) is 0 Å². The highest BCUT2D eigenvalue weighted by molar-refractivity contribution is 7.11. The molecule has 0 radical (unpaired) electrons. The molecule has 0 saturated carbocycles. The first-order chi connectivity index (χ1) is 6.81. The van der Waals surface area contributed by atoms with Gasteiger partial charge < -0.3 is 4.74 Å². The van der Waals surface area contributed by atoms with Crippen molar-refractivity contribution in [3.8, 4) is 0 Å². The summed E-state index contributed by atoms with van der Waals surface area (Å²) in [5.74, 6) is -0.219. The van der Waals surface area contributed by atoms with Crippen LogP contribution in [0.2, 0.25) is 0 Å². The van der Waals surface area contributed by atoms with Gasteiger partial charge in [-0.15, -0.1) is 11.3 Å². The van der Waals surface area contributed by atoms with Crippen molar-refractivity contribution in [2.24, 2.45) is 0 Å². The van der Waals surface area contributed by atoms with E-state index in [0.29, 0.717) is 6.61 Å². The van der Waals surface area contributed by atoms with Gasteiger partial charge in [0.1, 0.15) is 0 Å². The Labute approximate surface area is 87.2 Å². The van der Waals surface area contributed by atoms with E-state index in [-0.39, 0.29) is 5.97 Å². The highest BCUT2D eigenvalue weighted by Crippen LogP contribution is 2.36. The minimum absolute atomic E-state index is 0.219. The molecule has 0 amide bonds. The highest BCUT2D eigenvalue weighted by Gasteiger charge is 2.18. The smallest absolute Gasteiger partial charge is 0.331 e. The van der Waals surface area contributed by atoms with Gasteiger partial charge in [-0.25, -0.2) is 4.79 Å².